The Labute approximate surface area is 141 Å². The maximum Gasteiger partial charge on any atom is 0.135 e. The van der Waals surface area contributed by atoms with Crippen molar-refractivity contribution in [2.45, 2.75) is 19.4 Å². The van der Waals surface area contributed by atoms with Crippen molar-refractivity contribution < 1.29 is 4.42 Å². The maximum atomic E-state index is 6.19. The van der Waals surface area contributed by atoms with Crippen LogP contribution in [-0.4, -0.2) is 16.3 Å². The van der Waals surface area contributed by atoms with Gasteiger partial charge < -0.3 is 9.73 Å². The maximum absolute atomic E-state index is 6.19. The van der Waals surface area contributed by atoms with Crippen LogP contribution in [0.25, 0.3) is 11.3 Å². The first-order chi connectivity index (χ1) is 11.2. The fourth-order valence-corrected chi connectivity index (χ4v) is 2.74. The molecular formula is C18H20ClN3O. The van der Waals surface area contributed by atoms with Gasteiger partial charge in [0.2, 0.25) is 0 Å². The van der Waals surface area contributed by atoms with Crippen molar-refractivity contribution in [2.24, 2.45) is 7.05 Å². The highest BCUT2D eigenvalue weighted by Gasteiger charge is 2.07. The van der Waals surface area contributed by atoms with E-state index in [1.54, 1.807) is 0 Å². The van der Waals surface area contributed by atoms with Crippen LogP contribution in [0.5, 0.6) is 0 Å². The third-order valence-electron chi connectivity index (χ3n) is 3.68. The van der Waals surface area contributed by atoms with E-state index in [2.05, 4.69) is 16.6 Å². The summed E-state index contributed by atoms with van der Waals surface area (Å²) in [6.45, 7) is 1.66. The Hall–Kier alpha value is -2.04. The highest BCUT2D eigenvalue weighted by molar-refractivity contribution is 6.33. The van der Waals surface area contributed by atoms with E-state index < -0.39 is 0 Å². The number of furan rings is 1. The minimum absolute atomic E-state index is 0.706. The standard InChI is InChI=1S/C18H20ClN3O/c1-22-13-14(11-21-22)5-4-10-20-12-15-8-9-18(23-15)16-6-2-3-7-17(16)19/h2-3,6-9,11,13,20H,4-5,10,12H2,1H3. The van der Waals surface area contributed by atoms with Gasteiger partial charge in [0, 0.05) is 18.8 Å². The average molecular weight is 330 g/mol. The van der Waals surface area contributed by atoms with Gasteiger partial charge in [-0.1, -0.05) is 23.7 Å². The number of nitrogens with zero attached hydrogens (tertiary/aromatic N) is 2. The monoisotopic (exact) mass is 329 g/mol. The second kappa shape index (κ2) is 7.49. The quantitative estimate of drug-likeness (QED) is 0.665. The Morgan fingerprint density at radius 3 is 2.87 bits per heavy atom. The molecule has 3 rings (SSSR count). The predicted molar refractivity (Wildman–Crippen MR) is 92.4 cm³/mol. The molecule has 0 saturated carbocycles. The zero-order valence-corrected chi connectivity index (χ0v) is 13.9. The Morgan fingerprint density at radius 2 is 2.09 bits per heavy atom. The van der Waals surface area contributed by atoms with Gasteiger partial charge in [-0.25, -0.2) is 0 Å². The summed E-state index contributed by atoms with van der Waals surface area (Å²) in [5.74, 6) is 1.73. The summed E-state index contributed by atoms with van der Waals surface area (Å²) < 4.78 is 7.69. The van der Waals surface area contributed by atoms with Gasteiger partial charge in [-0.2, -0.15) is 5.10 Å². The fourth-order valence-electron chi connectivity index (χ4n) is 2.51. The SMILES string of the molecule is Cn1cc(CCCNCc2ccc(-c3ccccc3Cl)o2)cn1. The van der Waals surface area contributed by atoms with Gasteiger partial charge in [-0.3, -0.25) is 4.68 Å². The molecule has 0 aliphatic carbocycles. The Kier molecular flexibility index (Phi) is 5.16. The van der Waals surface area contributed by atoms with Gasteiger partial charge in [-0.05, 0) is 49.2 Å². The van der Waals surface area contributed by atoms with Crippen molar-refractivity contribution in [1.29, 1.82) is 0 Å². The van der Waals surface area contributed by atoms with Crippen LogP contribution in [0.2, 0.25) is 5.02 Å². The molecule has 0 saturated heterocycles. The molecule has 0 spiro atoms. The van der Waals surface area contributed by atoms with Crippen molar-refractivity contribution in [3.63, 3.8) is 0 Å². The number of halogens is 1. The topological polar surface area (TPSA) is 43.0 Å². The van der Waals surface area contributed by atoms with Gasteiger partial charge >= 0.3 is 0 Å². The third-order valence-corrected chi connectivity index (χ3v) is 4.01. The Bertz CT molecular complexity index is 763. The van der Waals surface area contributed by atoms with Crippen LogP contribution in [0.1, 0.15) is 17.7 Å². The summed E-state index contributed by atoms with van der Waals surface area (Å²) in [5, 5.41) is 8.28. The molecule has 0 aliphatic heterocycles. The van der Waals surface area contributed by atoms with Crippen molar-refractivity contribution in [1.82, 2.24) is 15.1 Å². The van der Waals surface area contributed by atoms with Gasteiger partial charge in [0.05, 0.1) is 17.8 Å². The van der Waals surface area contributed by atoms with Crippen LogP contribution in [0, 0.1) is 0 Å². The number of rotatable bonds is 7. The molecule has 4 nitrogen and oxygen atoms in total. The second-order valence-electron chi connectivity index (χ2n) is 5.55. The molecule has 0 fully saturated rings. The van der Waals surface area contributed by atoms with Gasteiger partial charge in [-0.15, -0.1) is 0 Å². The second-order valence-corrected chi connectivity index (χ2v) is 5.96. The van der Waals surface area contributed by atoms with Crippen LogP contribution < -0.4 is 5.32 Å². The van der Waals surface area contributed by atoms with E-state index in [0.717, 1.165) is 43.0 Å². The molecular weight excluding hydrogens is 310 g/mol. The number of aromatic nitrogens is 2. The predicted octanol–water partition coefficient (Wildman–Crippen LogP) is 4.06. The van der Waals surface area contributed by atoms with Crippen molar-refractivity contribution in [3.8, 4) is 11.3 Å². The van der Waals surface area contributed by atoms with Crippen molar-refractivity contribution in [2.75, 3.05) is 6.54 Å². The molecule has 5 heteroatoms. The van der Waals surface area contributed by atoms with E-state index in [0.29, 0.717) is 5.02 Å². The lowest BCUT2D eigenvalue weighted by Gasteiger charge is -2.03. The highest BCUT2D eigenvalue weighted by atomic mass is 35.5. The van der Waals surface area contributed by atoms with E-state index in [1.807, 2.05) is 54.3 Å². The summed E-state index contributed by atoms with van der Waals surface area (Å²) in [6, 6.07) is 11.7. The number of benzene rings is 1. The third kappa shape index (κ3) is 4.24. The summed E-state index contributed by atoms with van der Waals surface area (Å²) in [7, 11) is 1.94. The molecule has 0 aliphatic rings. The summed E-state index contributed by atoms with van der Waals surface area (Å²) in [4.78, 5) is 0. The molecule has 0 atom stereocenters. The lowest BCUT2D eigenvalue weighted by Crippen LogP contribution is -2.14. The van der Waals surface area contributed by atoms with E-state index in [1.165, 1.54) is 5.56 Å². The van der Waals surface area contributed by atoms with E-state index in [-0.39, 0.29) is 0 Å². The lowest BCUT2D eigenvalue weighted by atomic mass is 10.2. The van der Waals surface area contributed by atoms with E-state index in [4.69, 9.17) is 16.0 Å². The highest BCUT2D eigenvalue weighted by Crippen LogP contribution is 2.28. The van der Waals surface area contributed by atoms with Crippen LogP contribution in [0.15, 0.2) is 53.2 Å². The van der Waals surface area contributed by atoms with Gasteiger partial charge in [0.15, 0.2) is 0 Å². The van der Waals surface area contributed by atoms with Crippen LogP contribution in [-0.2, 0) is 20.0 Å². The molecule has 120 valence electrons. The first-order valence-electron chi connectivity index (χ1n) is 7.74. The number of hydrogen-bond donors (Lipinski definition) is 1. The number of nitrogens with one attached hydrogen (secondary N) is 1. The molecule has 3 aromatic rings. The van der Waals surface area contributed by atoms with Crippen LogP contribution >= 0.6 is 11.6 Å². The molecule has 23 heavy (non-hydrogen) atoms. The lowest BCUT2D eigenvalue weighted by molar-refractivity contribution is 0.491. The first kappa shape index (κ1) is 15.8. The normalized spacial score (nSPS) is 11.0. The molecule has 1 N–H and O–H groups in total. The Balaban J connectivity index is 1.45. The molecule has 0 radical (unpaired) electrons. The summed E-state index contributed by atoms with van der Waals surface area (Å²) in [5.41, 5.74) is 2.20. The largest absolute Gasteiger partial charge is 0.460 e. The molecule has 2 heterocycles. The van der Waals surface area contributed by atoms with Crippen LogP contribution in [0.4, 0.5) is 0 Å². The average Bonchev–Trinajstić information content (AvgIpc) is 3.17. The van der Waals surface area contributed by atoms with E-state index >= 15 is 0 Å². The van der Waals surface area contributed by atoms with Crippen LogP contribution in [0.3, 0.4) is 0 Å². The first-order valence-corrected chi connectivity index (χ1v) is 8.12. The molecule has 0 bridgehead atoms. The summed E-state index contributed by atoms with van der Waals surface area (Å²) >= 11 is 6.19. The zero-order valence-electron chi connectivity index (χ0n) is 13.1. The van der Waals surface area contributed by atoms with Gasteiger partial charge in [0.25, 0.3) is 0 Å². The number of aryl methyl sites for hydroxylation is 2. The van der Waals surface area contributed by atoms with Crippen molar-refractivity contribution in [3.05, 3.63) is 65.1 Å². The van der Waals surface area contributed by atoms with Crippen molar-refractivity contribution >= 4 is 11.6 Å². The molecule has 0 unspecified atom stereocenters. The molecule has 2 aromatic heterocycles. The fraction of sp³-hybridized carbons (Fsp3) is 0.278. The minimum atomic E-state index is 0.706. The smallest absolute Gasteiger partial charge is 0.135 e. The molecule has 1 aromatic carbocycles. The molecule has 0 amide bonds. The minimum Gasteiger partial charge on any atom is -0.460 e. The summed E-state index contributed by atoms with van der Waals surface area (Å²) in [6.07, 6.45) is 6.08. The zero-order chi connectivity index (χ0) is 16.1. The number of hydrogen-bond acceptors (Lipinski definition) is 3. The van der Waals surface area contributed by atoms with Gasteiger partial charge in [0.1, 0.15) is 11.5 Å². The Morgan fingerprint density at radius 1 is 1.22 bits per heavy atom. The van der Waals surface area contributed by atoms with E-state index in [9.17, 15) is 0 Å².